The smallest absolute Gasteiger partial charge is 0.129 e. The Bertz CT molecular complexity index is 576. The van der Waals surface area contributed by atoms with E-state index in [1.165, 1.54) is 5.01 Å². The van der Waals surface area contributed by atoms with Crippen LogP contribution in [-0.4, -0.2) is 47.3 Å². The van der Waals surface area contributed by atoms with Crippen molar-refractivity contribution in [1.29, 1.82) is 0 Å². The van der Waals surface area contributed by atoms with Gasteiger partial charge >= 0.3 is 0 Å². The summed E-state index contributed by atoms with van der Waals surface area (Å²) < 4.78 is 10.7. The number of piperidine rings is 1. The molecular formula is C17H24N2O3S. The Kier molecular flexibility index (Phi) is 5.83. The van der Waals surface area contributed by atoms with Crippen LogP contribution in [0.1, 0.15) is 35.2 Å². The molecule has 2 aromatic heterocycles. The molecule has 3 rings (SSSR count). The van der Waals surface area contributed by atoms with Crippen LogP contribution >= 0.6 is 11.3 Å². The number of aliphatic hydroxyl groups excluding tert-OH is 1. The number of hydrogen-bond acceptors (Lipinski definition) is 6. The van der Waals surface area contributed by atoms with Gasteiger partial charge in [0.25, 0.3) is 0 Å². The topological polar surface area (TPSA) is 58.7 Å². The van der Waals surface area contributed by atoms with Crippen molar-refractivity contribution in [1.82, 2.24) is 9.88 Å². The van der Waals surface area contributed by atoms with E-state index in [1.807, 2.05) is 19.1 Å². The van der Waals surface area contributed by atoms with Crippen molar-refractivity contribution in [3.8, 4) is 0 Å². The van der Waals surface area contributed by atoms with Gasteiger partial charge in [0.1, 0.15) is 12.4 Å². The number of thiazole rings is 1. The summed E-state index contributed by atoms with van der Waals surface area (Å²) in [4.78, 5) is 6.92. The van der Waals surface area contributed by atoms with Gasteiger partial charge in [0.05, 0.1) is 24.0 Å². The molecule has 6 heteroatoms. The predicted octanol–water partition coefficient (Wildman–Crippen LogP) is 2.80. The zero-order valence-electron chi connectivity index (χ0n) is 13.5. The highest BCUT2D eigenvalue weighted by Crippen LogP contribution is 2.30. The molecule has 3 heterocycles. The van der Waals surface area contributed by atoms with E-state index in [0.717, 1.165) is 37.4 Å². The summed E-state index contributed by atoms with van der Waals surface area (Å²) >= 11 is 1.77. The molecule has 0 radical (unpaired) electrons. The maximum absolute atomic E-state index is 10.1. The SMILES string of the molecule is Cc1csc(C2CCN(CC(O)COCc3ccco3)CC2)n1. The fraction of sp³-hybridized carbons (Fsp3) is 0.588. The lowest BCUT2D eigenvalue weighted by atomic mass is 9.97. The number of furan rings is 1. The molecule has 0 aliphatic carbocycles. The van der Waals surface area contributed by atoms with E-state index in [4.69, 9.17) is 9.15 Å². The van der Waals surface area contributed by atoms with Gasteiger partial charge in [-0.15, -0.1) is 11.3 Å². The van der Waals surface area contributed by atoms with Gasteiger partial charge in [-0.2, -0.15) is 0 Å². The van der Waals surface area contributed by atoms with Crippen molar-refractivity contribution in [2.75, 3.05) is 26.2 Å². The molecular weight excluding hydrogens is 312 g/mol. The second kappa shape index (κ2) is 8.06. The number of aromatic nitrogens is 1. The average molecular weight is 336 g/mol. The third-order valence-corrected chi connectivity index (χ3v) is 5.30. The molecule has 0 amide bonds. The second-order valence-corrected chi connectivity index (χ2v) is 7.04. The molecule has 5 nitrogen and oxygen atoms in total. The number of hydrogen-bond donors (Lipinski definition) is 1. The van der Waals surface area contributed by atoms with Gasteiger partial charge in [0.2, 0.25) is 0 Å². The molecule has 1 fully saturated rings. The fourth-order valence-electron chi connectivity index (χ4n) is 2.96. The molecule has 1 saturated heterocycles. The van der Waals surface area contributed by atoms with Crippen molar-refractivity contribution in [2.24, 2.45) is 0 Å². The molecule has 2 aromatic rings. The minimum atomic E-state index is -0.455. The Morgan fingerprint density at radius 2 is 2.30 bits per heavy atom. The maximum atomic E-state index is 10.1. The van der Waals surface area contributed by atoms with Crippen LogP contribution in [0.15, 0.2) is 28.2 Å². The van der Waals surface area contributed by atoms with Gasteiger partial charge in [-0.05, 0) is 45.0 Å². The van der Waals surface area contributed by atoms with Crippen LogP contribution in [-0.2, 0) is 11.3 Å². The molecule has 0 spiro atoms. The standard InChI is InChI=1S/C17H24N2O3S/c1-13-12-23-17(18-13)14-4-6-19(7-5-14)9-15(20)10-21-11-16-3-2-8-22-16/h2-3,8,12,14-15,20H,4-7,9-11H2,1H3. The van der Waals surface area contributed by atoms with E-state index < -0.39 is 6.10 Å². The number of aryl methyl sites for hydroxylation is 1. The van der Waals surface area contributed by atoms with E-state index in [1.54, 1.807) is 17.6 Å². The lowest BCUT2D eigenvalue weighted by molar-refractivity contribution is 0.00173. The molecule has 0 aromatic carbocycles. The van der Waals surface area contributed by atoms with Gasteiger partial charge in [-0.1, -0.05) is 0 Å². The molecule has 0 bridgehead atoms. The van der Waals surface area contributed by atoms with E-state index in [2.05, 4.69) is 15.3 Å². The van der Waals surface area contributed by atoms with Gasteiger partial charge in [-0.3, -0.25) is 0 Å². The number of likely N-dealkylation sites (tertiary alicyclic amines) is 1. The molecule has 1 aliphatic heterocycles. The second-order valence-electron chi connectivity index (χ2n) is 6.15. The van der Waals surface area contributed by atoms with Gasteiger partial charge in [-0.25, -0.2) is 4.98 Å². The van der Waals surface area contributed by atoms with E-state index in [0.29, 0.717) is 25.7 Å². The number of aliphatic hydroxyl groups is 1. The minimum Gasteiger partial charge on any atom is -0.467 e. The summed E-state index contributed by atoms with van der Waals surface area (Å²) in [5, 5.41) is 13.5. The van der Waals surface area contributed by atoms with Crippen LogP contribution in [0.25, 0.3) is 0 Å². The van der Waals surface area contributed by atoms with Crippen molar-refractivity contribution in [3.63, 3.8) is 0 Å². The van der Waals surface area contributed by atoms with E-state index in [-0.39, 0.29) is 0 Å². The third-order valence-electron chi connectivity index (χ3n) is 4.18. The number of β-amino-alcohol motifs (C(OH)–C–C–N with tert-alkyl or cyclic N) is 1. The van der Waals surface area contributed by atoms with Crippen LogP contribution in [0.3, 0.4) is 0 Å². The van der Waals surface area contributed by atoms with Gasteiger partial charge in [0.15, 0.2) is 0 Å². The zero-order chi connectivity index (χ0) is 16.1. The van der Waals surface area contributed by atoms with Crippen LogP contribution in [0.2, 0.25) is 0 Å². The van der Waals surface area contributed by atoms with Gasteiger partial charge in [0, 0.05) is 23.5 Å². The first-order chi connectivity index (χ1) is 11.2. The minimum absolute atomic E-state index is 0.340. The normalized spacial score (nSPS) is 18.3. The van der Waals surface area contributed by atoms with E-state index >= 15 is 0 Å². The largest absolute Gasteiger partial charge is 0.467 e. The molecule has 126 valence electrons. The Labute approximate surface area is 140 Å². The van der Waals surface area contributed by atoms with Crippen molar-refractivity contribution < 1.29 is 14.3 Å². The lowest BCUT2D eigenvalue weighted by Gasteiger charge is -2.32. The summed E-state index contributed by atoms with van der Waals surface area (Å²) in [6, 6.07) is 3.71. The number of rotatable bonds is 7. The Morgan fingerprint density at radius 1 is 1.48 bits per heavy atom. The van der Waals surface area contributed by atoms with Crippen molar-refractivity contribution in [2.45, 2.75) is 38.4 Å². The molecule has 0 saturated carbocycles. The summed E-state index contributed by atoms with van der Waals surface area (Å²) in [7, 11) is 0. The summed E-state index contributed by atoms with van der Waals surface area (Å²) in [5.41, 5.74) is 1.12. The number of nitrogens with zero attached hydrogens (tertiary/aromatic N) is 2. The third kappa shape index (κ3) is 4.88. The lowest BCUT2D eigenvalue weighted by Crippen LogP contribution is -2.39. The Balaban J connectivity index is 1.35. The highest BCUT2D eigenvalue weighted by atomic mass is 32.1. The van der Waals surface area contributed by atoms with E-state index in [9.17, 15) is 5.11 Å². The molecule has 1 aliphatic rings. The molecule has 1 unspecified atom stereocenters. The van der Waals surface area contributed by atoms with Crippen LogP contribution in [0.5, 0.6) is 0 Å². The average Bonchev–Trinajstić information content (AvgIpc) is 3.20. The van der Waals surface area contributed by atoms with Crippen molar-refractivity contribution in [3.05, 3.63) is 40.2 Å². The monoisotopic (exact) mass is 336 g/mol. The Morgan fingerprint density at radius 3 is 2.96 bits per heavy atom. The van der Waals surface area contributed by atoms with Crippen LogP contribution in [0, 0.1) is 6.92 Å². The van der Waals surface area contributed by atoms with Crippen molar-refractivity contribution >= 4 is 11.3 Å². The fourth-order valence-corrected chi connectivity index (χ4v) is 3.93. The summed E-state index contributed by atoms with van der Waals surface area (Å²) in [6.45, 7) is 5.49. The van der Waals surface area contributed by atoms with Gasteiger partial charge < -0.3 is 19.2 Å². The highest BCUT2D eigenvalue weighted by Gasteiger charge is 2.24. The first kappa shape index (κ1) is 16.6. The van der Waals surface area contributed by atoms with Crippen LogP contribution in [0.4, 0.5) is 0 Å². The molecule has 23 heavy (non-hydrogen) atoms. The van der Waals surface area contributed by atoms with Crippen LogP contribution < -0.4 is 0 Å². The first-order valence-corrected chi connectivity index (χ1v) is 9.01. The molecule has 1 atom stereocenters. The summed E-state index contributed by atoms with van der Waals surface area (Å²) in [6.07, 6.45) is 3.41. The summed E-state index contributed by atoms with van der Waals surface area (Å²) in [5.74, 6) is 1.37. The maximum Gasteiger partial charge on any atom is 0.129 e. The number of ether oxygens (including phenoxy) is 1. The Hall–Kier alpha value is -1.21. The predicted molar refractivity (Wildman–Crippen MR) is 89.6 cm³/mol. The molecule has 1 N–H and O–H groups in total. The quantitative estimate of drug-likeness (QED) is 0.842. The highest BCUT2D eigenvalue weighted by molar-refractivity contribution is 7.09. The zero-order valence-corrected chi connectivity index (χ0v) is 14.3. The first-order valence-electron chi connectivity index (χ1n) is 8.13.